The van der Waals surface area contributed by atoms with E-state index in [9.17, 15) is 0 Å². The van der Waals surface area contributed by atoms with E-state index < -0.39 is 0 Å². The van der Waals surface area contributed by atoms with Gasteiger partial charge in [0, 0.05) is 19.5 Å². The van der Waals surface area contributed by atoms with Gasteiger partial charge >= 0.3 is 0 Å². The molecule has 1 saturated heterocycles. The summed E-state index contributed by atoms with van der Waals surface area (Å²) in [7, 11) is 0. The average molecular weight is 327 g/mol. The van der Waals surface area contributed by atoms with E-state index in [0.29, 0.717) is 6.61 Å². The first-order valence-corrected chi connectivity index (χ1v) is 8.35. The van der Waals surface area contributed by atoms with Crippen LogP contribution in [0.1, 0.15) is 30.1 Å². The fourth-order valence-electron chi connectivity index (χ4n) is 3.05. The van der Waals surface area contributed by atoms with E-state index in [-0.39, 0.29) is 6.10 Å². The lowest BCUT2D eigenvalue weighted by Crippen LogP contribution is -2.39. The van der Waals surface area contributed by atoms with Crippen LogP contribution in [-0.2, 0) is 11.2 Å². The molecular weight excluding hydrogens is 306 g/mol. The number of ether oxygens (including phenoxy) is 1. The molecule has 1 atom stereocenters. The number of aromatic nitrogens is 4. The van der Waals surface area contributed by atoms with Crippen LogP contribution >= 0.6 is 0 Å². The number of morpholine rings is 1. The van der Waals surface area contributed by atoms with Crippen LogP contribution in [0.4, 0.5) is 0 Å². The molecule has 1 aliphatic rings. The van der Waals surface area contributed by atoms with Crippen LogP contribution in [0, 0.1) is 6.92 Å². The molecule has 1 unspecified atom stereocenters. The number of H-pyrrole nitrogens is 1. The molecule has 2 aromatic heterocycles. The number of hydrogen-bond acceptors (Lipinski definition) is 6. The molecule has 3 heterocycles. The van der Waals surface area contributed by atoms with Crippen molar-refractivity contribution in [2.45, 2.75) is 25.9 Å². The Bertz CT molecular complexity index is 779. The van der Waals surface area contributed by atoms with Crippen molar-refractivity contribution in [1.29, 1.82) is 0 Å². The summed E-state index contributed by atoms with van der Waals surface area (Å²) in [6.45, 7) is 5.36. The van der Waals surface area contributed by atoms with Crippen LogP contribution in [-0.4, -0.2) is 51.3 Å². The molecule has 0 spiro atoms. The van der Waals surface area contributed by atoms with Gasteiger partial charge < -0.3 is 9.15 Å². The molecule has 24 heavy (non-hydrogen) atoms. The van der Waals surface area contributed by atoms with E-state index in [2.05, 4.69) is 25.1 Å². The fourth-order valence-corrected chi connectivity index (χ4v) is 3.05. The number of benzene rings is 1. The van der Waals surface area contributed by atoms with Gasteiger partial charge in [0.15, 0.2) is 17.3 Å². The molecule has 0 aliphatic carbocycles. The Morgan fingerprint density at radius 2 is 2.21 bits per heavy atom. The summed E-state index contributed by atoms with van der Waals surface area (Å²) in [6, 6.07) is 7.88. The third-order valence-corrected chi connectivity index (χ3v) is 4.26. The number of oxazole rings is 1. The quantitative estimate of drug-likeness (QED) is 0.774. The summed E-state index contributed by atoms with van der Waals surface area (Å²) in [5.41, 5.74) is 1.79. The van der Waals surface area contributed by atoms with Crippen LogP contribution in [0.25, 0.3) is 11.1 Å². The number of nitrogens with zero attached hydrogens (tertiary/aromatic N) is 4. The van der Waals surface area contributed by atoms with Crippen molar-refractivity contribution in [3.05, 3.63) is 41.8 Å². The third-order valence-electron chi connectivity index (χ3n) is 4.26. The Kier molecular flexibility index (Phi) is 4.27. The van der Waals surface area contributed by atoms with Gasteiger partial charge in [-0.2, -0.15) is 5.10 Å². The van der Waals surface area contributed by atoms with E-state index in [1.54, 1.807) is 0 Å². The Morgan fingerprint density at radius 3 is 3.04 bits per heavy atom. The fraction of sp³-hybridized carbons (Fsp3) is 0.471. The molecule has 0 bridgehead atoms. The van der Waals surface area contributed by atoms with Gasteiger partial charge in [-0.1, -0.05) is 12.1 Å². The molecule has 1 fully saturated rings. The van der Waals surface area contributed by atoms with Crippen molar-refractivity contribution >= 4 is 11.1 Å². The SMILES string of the molecule is Cc1nc(C2CN(CCCc3nc4ccccc4o3)CCO2)n[nH]1. The van der Waals surface area contributed by atoms with Crippen LogP contribution in [0.5, 0.6) is 0 Å². The highest BCUT2D eigenvalue weighted by Gasteiger charge is 2.24. The van der Waals surface area contributed by atoms with Gasteiger partial charge in [0.05, 0.1) is 6.61 Å². The molecule has 1 aliphatic heterocycles. The topological polar surface area (TPSA) is 80.1 Å². The number of hydrogen-bond donors (Lipinski definition) is 1. The van der Waals surface area contributed by atoms with Crippen LogP contribution in [0.15, 0.2) is 28.7 Å². The third kappa shape index (κ3) is 3.32. The first-order valence-electron chi connectivity index (χ1n) is 8.35. The maximum atomic E-state index is 5.79. The molecule has 126 valence electrons. The number of para-hydroxylation sites is 2. The minimum Gasteiger partial charge on any atom is -0.441 e. The summed E-state index contributed by atoms with van der Waals surface area (Å²) in [4.78, 5) is 11.3. The Morgan fingerprint density at radius 1 is 1.29 bits per heavy atom. The van der Waals surface area contributed by atoms with E-state index >= 15 is 0 Å². The maximum absolute atomic E-state index is 5.79. The first-order chi connectivity index (χ1) is 11.8. The standard InChI is InChI=1S/C17H21N5O2/c1-12-18-17(21-20-12)15-11-22(9-10-23-15)8-4-7-16-19-13-5-2-3-6-14(13)24-16/h2-3,5-6,15H,4,7-11H2,1H3,(H,18,20,21). The zero-order chi connectivity index (χ0) is 16.4. The van der Waals surface area contributed by atoms with Gasteiger partial charge in [-0.15, -0.1) is 0 Å². The molecular formula is C17H21N5O2. The second kappa shape index (κ2) is 6.70. The number of nitrogens with one attached hydrogen (secondary N) is 1. The van der Waals surface area contributed by atoms with E-state index in [1.807, 2.05) is 31.2 Å². The normalized spacial score (nSPS) is 19.1. The highest BCUT2D eigenvalue weighted by atomic mass is 16.5. The van der Waals surface area contributed by atoms with Crippen LogP contribution < -0.4 is 0 Å². The lowest BCUT2D eigenvalue weighted by Gasteiger charge is -2.31. The number of rotatable bonds is 5. The van der Waals surface area contributed by atoms with Crippen molar-refractivity contribution < 1.29 is 9.15 Å². The zero-order valence-electron chi connectivity index (χ0n) is 13.7. The average Bonchev–Trinajstić information content (AvgIpc) is 3.21. The molecule has 0 saturated carbocycles. The van der Waals surface area contributed by atoms with Crippen molar-refractivity contribution in [3.63, 3.8) is 0 Å². The largest absolute Gasteiger partial charge is 0.441 e. The van der Waals surface area contributed by atoms with Gasteiger partial charge in [0.2, 0.25) is 0 Å². The molecule has 0 radical (unpaired) electrons. The summed E-state index contributed by atoms with van der Waals surface area (Å²) in [6.07, 6.45) is 1.80. The van der Waals surface area contributed by atoms with Crippen molar-refractivity contribution in [2.75, 3.05) is 26.2 Å². The van der Waals surface area contributed by atoms with Crippen molar-refractivity contribution in [2.24, 2.45) is 0 Å². The molecule has 7 heteroatoms. The van der Waals surface area contributed by atoms with Crippen LogP contribution in [0.3, 0.4) is 0 Å². The molecule has 3 aromatic rings. The van der Waals surface area contributed by atoms with Crippen molar-refractivity contribution in [1.82, 2.24) is 25.1 Å². The molecule has 1 N–H and O–H groups in total. The lowest BCUT2D eigenvalue weighted by molar-refractivity contribution is -0.0344. The van der Waals surface area contributed by atoms with E-state index in [1.165, 1.54) is 0 Å². The highest BCUT2D eigenvalue weighted by Crippen LogP contribution is 2.20. The number of fused-ring (bicyclic) bond motifs is 1. The monoisotopic (exact) mass is 327 g/mol. The van der Waals surface area contributed by atoms with Gasteiger partial charge in [-0.3, -0.25) is 10.00 Å². The minimum atomic E-state index is -0.0481. The summed E-state index contributed by atoms with van der Waals surface area (Å²) in [5, 5.41) is 7.09. The molecule has 1 aromatic carbocycles. The van der Waals surface area contributed by atoms with Gasteiger partial charge in [-0.25, -0.2) is 9.97 Å². The Hall–Kier alpha value is -2.25. The predicted octanol–water partition coefficient (Wildman–Crippen LogP) is 2.26. The van der Waals surface area contributed by atoms with Gasteiger partial charge in [-0.05, 0) is 32.0 Å². The number of aryl methyl sites for hydroxylation is 2. The van der Waals surface area contributed by atoms with Gasteiger partial charge in [0.25, 0.3) is 0 Å². The lowest BCUT2D eigenvalue weighted by atomic mass is 10.2. The summed E-state index contributed by atoms with van der Waals surface area (Å²) in [5.74, 6) is 2.38. The Balaban J connectivity index is 1.30. The van der Waals surface area contributed by atoms with Gasteiger partial charge in [0.1, 0.15) is 17.4 Å². The zero-order valence-corrected chi connectivity index (χ0v) is 13.7. The predicted molar refractivity (Wildman–Crippen MR) is 88.6 cm³/mol. The minimum absolute atomic E-state index is 0.0481. The Labute approximate surface area is 140 Å². The summed E-state index contributed by atoms with van der Waals surface area (Å²) >= 11 is 0. The van der Waals surface area contributed by atoms with E-state index in [0.717, 1.165) is 61.1 Å². The van der Waals surface area contributed by atoms with Crippen LogP contribution in [0.2, 0.25) is 0 Å². The van der Waals surface area contributed by atoms with Crippen molar-refractivity contribution in [3.8, 4) is 0 Å². The second-order valence-corrected chi connectivity index (χ2v) is 6.12. The maximum Gasteiger partial charge on any atom is 0.195 e. The van der Waals surface area contributed by atoms with E-state index in [4.69, 9.17) is 9.15 Å². The smallest absolute Gasteiger partial charge is 0.195 e. The molecule has 0 amide bonds. The number of aromatic amines is 1. The first kappa shape index (κ1) is 15.3. The highest BCUT2D eigenvalue weighted by molar-refractivity contribution is 5.72. The second-order valence-electron chi connectivity index (χ2n) is 6.12. The summed E-state index contributed by atoms with van der Waals surface area (Å²) < 4.78 is 11.6. The molecule has 4 rings (SSSR count). The molecule has 7 nitrogen and oxygen atoms in total.